The third-order valence-corrected chi connectivity index (χ3v) is 3.80. The van der Waals surface area contributed by atoms with Gasteiger partial charge in [0.25, 0.3) is 0 Å². The van der Waals surface area contributed by atoms with Crippen LogP contribution >= 0.6 is 0 Å². The van der Waals surface area contributed by atoms with Crippen LogP contribution in [0.15, 0.2) is 53.4 Å². The number of hydrogen-bond donors (Lipinski definition) is 1. The number of rotatable bonds is 4. The van der Waals surface area contributed by atoms with Gasteiger partial charge in [-0.3, -0.25) is 5.32 Å². The molecule has 0 saturated heterocycles. The summed E-state index contributed by atoms with van der Waals surface area (Å²) in [6, 6.07) is 12.6. The topological polar surface area (TPSA) is 95.5 Å². The van der Waals surface area contributed by atoms with Crippen molar-refractivity contribution >= 4 is 21.9 Å². The number of anilines is 1. The van der Waals surface area contributed by atoms with Gasteiger partial charge in [0, 0.05) is 5.69 Å². The van der Waals surface area contributed by atoms with Gasteiger partial charge in [0.1, 0.15) is 10.1 Å². The summed E-state index contributed by atoms with van der Waals surface area (Å²) in [6.45, 7) is 3.52. The van der Waals surface area contributed by atoms with Crippen LogP contribution in [0.4, 0.5) is 10.5 Å². The maximum atomic E-state index is 11.5. The van der Waals surface area contributed by atoms with E-state index in [1.165, 1.54) is 12.1 Å². The molecule has 24 heavy (non-hydrogen) atoms. The molecule has 0 radical (unpaired) electrons. The zero-order chi connectivity index (χ0) is 17.0. The first kappa shape index (κ1) is 20.7. The molecule has 0 aliphatic heterocycles. The Labute approximate surface area is 163 Å². The Balaban J connectivity index is 0.00000288. The van der Waals surface area contributed by atoms with Gasteiger partial charge in [0.05, 0.1) is 11.0 Å². The summed E-state index contributed by atoms with van der Waals surface area (Å²) >= 11 is 0. The third kappa shape index (κ3) is 5.92. The van der Waals surface area contributed by atoms with Gasteiger partial charge in [-0.05, 0) is 49.2 Å². The molecule has 0 unspecified atom stereocenters. The van der Waals surface area contributed by atoms with E-state index in [0.717, 1.165) is 11.1 Å². The van der Waals surface area contributed by atoms with Gasteiger partial charge in [0.2, 0.25) is 0 Å². The molecule has 0 heterocycles. The average Bonchev–Trinajstić information content (AvgIpc) is 2.46. The number of carbonyl (C=O) groups excluding carboxylic acids is 1. The van der Waals surface area contributed by atoms with E-state index in [9.17, 15) is 17.8 Å². The quantitative estimate of drug-likeness (QED) is 0.624. The fourth-order valence-electron chi connectivity index (χ4n) is 1.92. The number of nitrogens with one attached hydrogen (secondary N) is 1. The Morgan fingerprint density at radius 1 is 1.00 bits per heavy atom. The van der Waals surface area contributed by atoms with E-state index in [2.05, 4.69) is 5.32 Å². The van der Waals surface area contributed by atoms with Crippen molar-refractivity contribution in [2.75, 3.05) is 5.32 Å². The summed E-state index contributed by atoms with van der Waals surface area (Å²) in [5, 5.41) is 2.60. The number of benzene rings is 2. The minimum Gasteiger partial charge on any atom is -0.744 e. The third-order valence-electron chi connectivity index (χ3n) is 2.95. The van der Waals surface area contributed by atoms with E-state index in [4.69, 9.17) is 4.74 Å². The van der Waals surface area contributed by atoms with Gasteiger partial charge in [-0.25, -0.2) is 13.2 Å². The molecule has 0 saturated carbocycles. The van der Waals surface area contributed by atoms with E-state index < -0.39 is 16.2 Å². The molecule has 0 fully saturated rings. The second-order valence-corrected chi connectivity index (χ2v) is 6.51. The van der Waals surface area contributed by atoms with Crippen molar-refractivity contribution in [3.63, 3.8) is 0 Å². The van der Waals surface area contributed by atoms with Gasteiger partial charge in [0.15, 0.2) is 0 Å². The molecule has 0 bridgehead atoms. The van der Waals surface area contributed by atoms with Crippen molar-refractivity contribution in [3.05, 3.63) is 48.5 Å². The van der Waals surface area contributed by atoms with E-state index in [-0.39, 0.29) is 40.6 Å². The van der Waals surface area contributed by atoms with E-state index >= 15 is 0 Å². The number of ether oxygens (including phenoxy) is 1. The molecule has 1 amide bonds. The summed E-state index contributed by atoms with van der Waals surface area (Å²) in [6.07, 6.45) is -0.733. The Bertz CT molecular complexity index is 786. The first-order valence-corrected chi connectivity index (χ1v) is 8.30. The smallest absolute Gasteiger partial charge is 0.744 e. The van der Waals surface area contributed by atoms with Crippen LogP contribution in [0.2, 0.25) is 0 Å². The van der Waals surface area contributed by atoms with Crippen molar-refractivity contribution in [3.8, 4) is 11.1 Å². The van der Waals surface area contributed by atoms with Gasteiger partial charge in [-0.15, -0.1) is 0 Å². The fraction of sp³-hybridized carbons (Fsp3) is 0.188. The van der Waals surface area contributed by atoms with Crippen LogP contribution in [-0.2, 0) is 14.9 Å². The van der Waals surface area contributed by atoms with Crippen LogP contribution in [0, 0.1) is 0 Å². The van der Waals surface area contributed by atoms with Crippen LogP contribution in [0.25, 0.3) is 11.1 Å². The van der Waals surface area contributed by atoms with Gasteiger partial charge in [-0.1, -0.05) is 24.3 Å². The normalized spacial score (nSPS) is 10.8. The SMILES string of the molecule is CC(C)OC(=O)Nc1ccc(-c2ccc(S(=O)(=O)[O-])cc2)cc1.[Na+]. The summed E-state index contributed by atoms with van der Waals surface area (Å²) in [4.78, 5) is 11.2. The second kappa shape index (κ2) is 8.64. The fourth-order valence-corrected chi connectivity index (χ4v) is 2.39. The van der Waals surface area contributed by atoms with Crippen molar-refractivity contribution in [1.29, 1.82) is 0 Å². The summed E-state index contributed by atoms with van der Waals surface area (Å²) in [5.74, 6) is 0. The maximum absolute atomic E-state index is 11.5. The van der Waals surface area contributed by atoms with Crippen molar-refractivity contribution in [2.45, 2.75) is 24.8 Å². The molecule has 0 aliphatic rings. The van der Waals surface area contributed by atoms with Crippen molar-refractivity contribution in [2.24, 2.45) is 0 Å². The maximum Gasteiger partial charge on any atom is 1.00 e. The minimum atomic E-state index is -4.44. The second-order valence-electron chi connectivity index (χ2n) is 5.13. The molecule has 122 valence electrons. The predicted octanol–water partition coefficient (Wildman–Crippen LogP) is 0.219. The summed E-state index contributed by atoms with van der Waals surface area (Å²) < 4.78 is 37.7. The number of amides is 1. The molecule has 8 heteroatoms. The Kier molecular flexibility index (Phi) is 7.44. The molecule has 2 aromatic rings. The Morgan fingerprint density at radius 3 is 1.88 bits per heavy atom. The van der Waals surface area contributed by atoms with Crippen LogP contribution in [-0.4, -0.2) is 25.2 Å². The van der Waals surface area contributed by atoms with Crippen LogP contribution in [0.1, 0.15) is 13.8 Å². The summed E-state index contributed by atoms with van der Waals surface area (Å²) in [5.41, 5.74) is 2.16. The van der Waals surface area contributed by atoms with Gasteiger partial charge >= 0.3 is 35.7 Å². The largest absolute Gasteiger partial charge is 1.00 e. The summed E-state index contributed by atoms with van der Waals surface area (Å²) in [7, 11) is -4.44. The standard InChI is InChI=1S/C16H17NO5S.Na/c1-11(2)22-16(18)17-14-7-3-12(4-8-14)13-5-9-15(10-6-13)23(19,20)21;/h3-11H,1-2H3,(H,17,18)(H,19,20,21);/q;+1/p-1. The average molecular weight is 357 g/mol. The number of hydrogen-bond acceptors (Lipinski definition) is 5. The molecule has 1 N–H and O–H groups in total. The zero-order valence-electron chi connectivity index (χ0n) is 13.6. The van der Waals surface area contributed by atoms with Gasteiger partial charge < -0.3 is 9.29 Å². The first-order chi connectivity index (χ1) is 10.8. The van der Waals surface area contributed by atoms with Crippen LogP contribution in [0.5, 0.6) is 0 Å². The molecule has 0 spiro atoms. The Hall–Kier alpha value is -1.38. The van der Waals surface area contributed by atoms with Crippen molar-refractivity contribution in [1.82, 2.24) is 0 Å². The number of carbonyl (C=O) groups is 1. The molecular weight excluding hydrogens is 341 g/mol. The zero-order valence-corrected chi connectivity index (χ0v) is 16.5. The minimum absolute atomic E-state index is 0. The van der Waals surface area contributed by atoms with Gasteiger partial charge in [-0.2, -0.15) is 0 Å². The monoisotopic (exact) mass is 357 g/mol. The Morgan fingerprint density at radius 2 is 1.46 bits per heavy atom. The van der Waals surface area contributed by atoms with Crippen LogP contribution in [0.3, 0.4) is 0 Å². The van der Waals surface area contributed by atoms with E-state index in [1.807, 2.05) is 0 Å². The van der Waals surface area contributed by atoms with Crippen molar-refractivity contribution < 1.29 is 52.1 Å². The molecule has 6 nitrogen and oxygen atoms in total. The first-order valence-electron chi connectivity index (χ1n) is 6.90. The molecule has 0 aliphatic carbocycles. The van der Waals surface area contributed by atoms with E-state index in [1.54, 1.807) is 50.2 Å². The molecule has 0 aromatic heterocycles. The molecule has 2 aromatic carbocycles. The van der Waals surface area contributed by atoms with E-state index in [0.29, 0.717) is 5.69 Å². The molecule has 2 rings (SSSR count). The predicted molar refractivity (Wildman–Crippen MR) is 85.1 cm³/mol. The molecular formula is C16H16NNaO5S. The molecule has 0 atom stereocenters. The van der Waals surface area contributed by atoms with Crippen LogP contribution < -0.4 is 34.9 Å².